The monoisotopic (exact) mass is 194 g/mol. The molecule has 0 unspecified atom stereocenters. The molecule has 1 aromatic carbocycles. The van der Waals surface area contributed by atoms with Crippen molar-refractivity contribution in [1.82, 2.24) is 0 Å². The number of methoxy groups -OCH3 is 1. The van der Waals surface area contributed by atoms with Crippen LogP contribution in [0, 0.1) is 5.41 Å². The highest BCUT2D eigenvalue weighted by atomic mass is 16.5. The Bertz CT molecular complexity index is 267. The van der Waals surface area contributed by atoms with E-state index in [2.05, 4.69) is 0 Å². The van der Waals surface area contributed by atoms with E-state index in [9.17, 15) is 5.11 Å². The molecule has 2 heteroatoms. The Hall–Kier alpha value is -0.860. The highest BCUT2D eigenvalue weighted by molar-refractivity contribution is 5.19. The number of ether oxygens (including phenoxy) is 1. The minimum Gasteiger partial charge on any atom is -0.396 e. The smallest absolute Gasteiger partial charge is 0.0893 e. The number of hydrogen-bond acceptors (Lipinski definition) is 2. The van der Waals surface area contributed by atoms with Crippen LogP contribution in [-0.2, 0) is 4.74 Å². The normalized spacial score (nSPS) is 14.0. The van der Waals surface area contributed by atoms with Crippen LogP contribution in [0.2, 0.25) is 0 Å². The Morgan fingerprint density at radius 1 is 1.29 bits per heavy atom. The zero-order valence-corrected chi connectivity index (χ0v) is 9.03. The fourth-order valence-electron chi connectivity index (χ4n) is 1.62. The van der Waals surface area contributed by atoms with Crippen LogP contribution in [0.1, 0.15) is 25.5 Å². The quantitative estimate of drug-likeness (QED) is 0.797. The average molecular weight is 194 g/mol. The average Bonchev–Trinajstić information content (AvgIpc) is 2.20. The zero-order valence-electron chi connectivity index (χ0n) is 9.03. The van der Waals surface area contributed by atoms with Crippen LogP contribution < -0.4 is 0 Å². The summed E-state index contributed by atoms with van der Waals surface area (Å²) in [4.78, 5) is 0. The van der Waals surface area contributed by atoms with Gasteiger partial charge in [-0.3, -0.25) is 0 Å². The molecule has 1 atom stereocenters. The van der Waals surface area contributed by atoms with E-state index in [1.807, 2.05) is 44.2 Å². The highest BCUT2D eigenvalue weighted by Crippen LogP contribution is 2.35. The van der Waals surface area contributed by atoms with Crippen LogP contribution in [0.5, 0.6) is 0 Å². The maximum atomic E-state index is 9.28. The molecular formula is C12H18O2. The van der Waals surface area contributed by atoms with Gasteiger partial charge in [0.1, 0.15) is 0 Å². The van der Waals surface area contributed by atoms with Gasteiger partial charge in [-0.15, -0.1) is 0 Å². The lowest BCUT2D eigenvalue weighted by Gasteiger charge is -2.31. The first-order valence-electron chi connectivity index (χ1n) is 4.80. The molecule has 0 bridgehead atoms. The summed E-state index contributed by atoms with van der Waals surface area (Å²) in [6, 6.07) is 9.98. The van der Waals surface area contributed by atoms with E-state index in [0.717, 1.165) is 5.56 Å². The van der Waals surface area contributed by atoms with Gasteiger partial charge in [0.15, 0.2) is 0 Å². The van der Waals surface area contributed by atoms with Crippen molar-refractivity contribution in [2.24, 2.45) is 5.41 Å². The molecule has 0 amide bonds. The van der Waals surface area contributed by atoms with Crippen molar-refractivity contribution in [3.63, 3.8) is 0 Å². The predicted molar refractivity (Wildman–Crippen MR) is 57.1 cm³/mol. The first-order valence-corrected chi connectivity index (χ1v) is 4.80. The second kappa shape index (κ2) is 4.58. The first kappa shape index (κ1) is 11.2. The van der Waals surface area contributed by atoms with Gasteiger partial charge in [0.25, 0.3) is 0 Å². The zero-order chi connectivity index (χ0) is 10.6. The van der Waals surface area contributed by atoms with E-state index in [0.29, 0.717) is 0 Å². The molecule has 0 aliphatic carbocycles. The van der Waals surface area contributed by atoms with Crippen LogP contribution in [0.4, 0.5) is 0 Å². The minimum atomic E-state index is -0.254. The molecule has 0 aliphatic rings. The molecule has 1 N–H and O–H groups in total. The van der Waals surface area contributed by atoms with Crippen LogP contribution in [0.15, 0.2) is 30.3 Å². The van der Waals surface area contributed by atoms with Crippen LogP contribution in [-0.4, -0.2) is 18.8 Å². The lowest BCUT2D eigenvalue weighted by atomic mass is 9.83. The SMILES string of the molecule is CO[C@H](c1ccccc1)C(C)(C)CO. The van der Waals surface area contributed by atoms with Gasteiger partial charge in [-0.25, -0.2) is 0 Å². The summed E-state index contributed by atoms with van der Waals surface area (Å²) in [6.45, 7) is 4.10. The van der Waals surface area contributed by atoms with E-state index in [1.54, 1.807) is 7.11 Å². The summed E-state index contributed by atoms with van der Waals surface area (Å²) in [5.41, 5.74) is 0.852. The molecule has 14 heavy (non-hydrogen) atoms. The van der Waals surface area contributed by atoms with Crippen molar-refractivity contribution < 1.29 is 9.84 Å². The van der Waals surface area contributed by atoms with Crippen LogP contribution >= 0.6 is 0 Å². The second-order valence-corrected chi connectivity index (χ2v) is 4.17. The molecule has 1 rings (SSSR count). The van der Waals surface area contributed by atoms with Gasteiger partial charge in [0, 0.05) is 12.5 Å². The van der Waals surface area contributed by atoms with Crippen LogP contribution in [0.3, 0.4) is 0 Å². The van der Waals surface area contributed by atoms with Gasteiger partial charge < -0.3 is 9.84 Å². The van der Waals surface area contributed by atoms with E-state index in [4.69, 9.17) is 4.74 Å². The molecule has 0 radical (unpaired) electrons. The van der Waals surface area contributed by atoms with Gasteiger partial charge in [0.05, 0.1) is 12.7 Å². The number of rotatable bonds is 4. The highest BCUT2D eigenvalue weighted by Gasteiger charge is 2.29. The van der Waals surface area contributed by atoms with Crippen molar-refractivity contribution in [2.75, 3.05) is 13.7 Å². The lowest BCUT2D eigenvalue weighted by molar-refractivity contribution is -0.0255. The van der Waals surface area contributed by atoms with Crippen molar-refractivity contribution in [3.8, 4) is 0 Å². The topological polar surface area (TPSA) is 29.5 Å². The third-order valence-corrected chi connectivity index (χ3v) is 2.46. The van der Waals surface area contributed by atoms with Crippen molar-refractivity contribution in [2.45, 2.75) is 20.0 Å². The van der Waals surface area contributed by atoms with Crippen molar-refractivity contribution in [3.05, 3.63) is 35.9 Å². The molecule has 0 saturated carbocycles. The minimum absolute atomic E-state index is 0.0614. The molecule has 0 spiro atoms. The first-order chi connectivity index (χ1) is 6.61. The fourth-order valence-corrected chi connectivity index (χ4v) is 1.62. The third-order valence-electron chi connectivity index (χ3n) is 2.46. The van der Waals surface area contributed by atoms with Crippen molar-refractivity contribution in [1.29, 1.82) is 0 Å². The Morgan fingerprint density at radius 3 is 2.29 bits per heavy atom. The maximum Gasteiger partial charge on any atom is 0.0893 e. The Balaban J connectivity index is 2.93. The van der Waals surface area contributed by atoms with Crippen LogP contribution in [0.25, 0.3) is 0 Å². The van der Waals surface area contributed by atoms with E-state index >= 15 is 0 Å². The van der Waals surface area contributed by atoms with E-state index in [-0.39, 0.29) is 18.1 Å². The Labute approximate surface area is 85.5 Å². The summed E-state index contributed by atoms with van der Waals surface area (Å²) < 4.78 is 5.43. The third kappa shape index (κ3) is 2.34. The van der Waals surface area contributed by atoms with Gasteiger partial charge in [-0.05, 0) is 5.56 Å². The predicted octanol–water partition coefficient (Wildman–Crippen LogP) is 2.39. The molecule has 2 nitrogen and oxygen atoms in total. The summed E-state index contributed by atoms with van der Waals surface area (Å²) in [5.74, 6) is 0. The molecule has 0 heterocycles. The molecule has 0 aromatic heterocycles. The second-order valence-electron chi connectivity index (χ2n) is 4.17. The summed E-state index contributed by atoms with van der Waals surface area (Å²) in [6.07, 6.45) is -0.0614. The number of hydrogen-bond donors (Lipinski definition) is 1. The molecule has 0 saturated heterocycles. The number of aliphatic hydroxyl groups is 1. The summed E-state index contributed by atoms with van der Waals surface area (Å²) in [5, 5.41) is 9.28. The molecule has 0 fully saturated rings. The van der Waals surface area contributed by atoms with Gasteiger partial charge in [-0.1, -0.05) is 44.2 Å². The fraction of sp³-hybridized carbons (Fsp3) is 0.500. The van der Waals surface area contributed by atoms with Gasteiger partial charge in [0.2, 0.25) is 0 Å². The number of aliphatic hydroxyl groups excluding tert-OH is 1. The largest absolute Gasteiger partial charge is 0.396 e. The Morgan fingerprint density at radius 2 is 1.86 bits per heavy atom. The molecular weight excluding hydrogens is 176 g/mol. The Kier molecular flexibility index (Phi) is 3.67. The van der Waals surface area contributed by atoms with E-state index in [1.165, 1.54) is 0 Å². The molecule has 78 valence electrons. The standard InChI is InChI=1S/C12H18O2/c1-12(2,9-13)11(14-3)10-7-5-4-6-8-10/h4-8,11,13H,9H2,1-3H3/t11-/m1/s1. The van der Waals surface area contributed by atoms with E-state index < -0.39 is 0 Å². The molecule has 0 aliphatic heterocycles. The molecule has 1 aromatic rings. The van der Waals surface area contributed by atoms with Crippen molar-refractivity contribution >= 4 is 0 Å². The summed E-state index contributed by atoms with van der Waals surface area (Å²) in [7, 11) is 1.68. The van der Waals surface area contributed by atoms with Gasteiger partial charge >= 0.3 is 0 Å². The lowest BCUT2D eigenvalue weighted by Crippen LogP contribution is -2.27. The number of benzene rings is 1. The van der Waals surface area contributed by atoms with Gasteiger partial charge in [-0.2, -0.15) is 0 Å². The maximum absolute atomic E-state index is 9.28. The summed E-state index contributed by atoms with van der Waals surface area (Å²) >= 11 is 0.